The molecule has 0 aromatic heterocycles. The number of Topliss-reactive ketones (excluding diaryl/α,β-unsaturated/α-hetero) is 1. The highest BCUT2D eigenvalue weighted by atomic mass is 32.2. The summed E-state index contributed by atoms with van der Waals surface area (Å²) >= 11 is 2.00. The smallest absolute Gasteiger partial charge is 0.188 e. The molecule has 2 bridgehead atoms. The molecule has 5 heteroatoms. The van der Waals surface area contributed by atoms with Crippen LogP contribution in [0.2, 0.25) is 0 Å². The maximum Gasteiger partial charge on any atom is 0.188 e. The molecule has 2 aliphatic rings. The number of rotatable bonds is 5. The monoisotopic (exact) mass is 310 g/mol. The molecular weight excluding hydrogens is 291 g/mol. The van der Waals surface area contributed by atoms with E-state index in [1.165, 1.54) is 32.1 Å². The Labute approximate surface area is 128 Å². The molecule has 2 fully saturated rings. The summed E-state index contributed by atoms with van der Waals surface area (Å²) in [5.41, 5.74) is 0.191. The summed E-state index contributed by atoms with van der Waals surface area (Å²) in [4.78, 5) is 12.6. The van der Waals surface area contributed by atoms with Crippen molar-refractivity contribution in [2.75, 3.05) is 13.9 Å². The van der Waals surface area contributed by atoms with Crippen LogP contribution in [0.5, 0.6) is 5.75 Å². The summed E-state index contributed by atoms with van der Waals surface area (Å²) in [6.45, 7) is 0.0654. The van der Waals surface area contributed by atoms with Gasteiger partial charge in [-0.3, -0.25) is 4.79 Å². The fraction of sp³-hybridized carbons (Fsp3) is 0.562. The molecule has 2 atom stereocenters. The summed E-state index contributed by atoms with van der Waals surface area (Å²) in [6, 6.07) is 4.42. The highest BCUT2D eigenvalue weighted by Gasteiger charge is 2.38. The van der Waals surface area contributed by atoms with Crippen molar-refractivity contribution in [1.82, 2.24) is 0 Å². The third-order valence-electron chi connectivity index (χ3n) is 4.21. The van der Waals surface area contributed by atoms with Gasteiger partial charge in [-0.2, -0.15) is 11.8 Å². The summed E-state index contributed by atoms with van der Waals surface area (Å²) < 4.78 is 24.1. The molecule has 3 nitrogen and oxygen atoms in total. The maximum absolute atomic E-state index is 14.1. The lowest BCUT2D eigenvalue weighted by Gasteiger charge is -2.26. The van der Waals surface area contributed by atoms with Crippen LogP contribution in [0.4, 0.5) is 4.39 Å². The molecule has 0 spiro atoms. The predicted octanol–water partition coefficient (Wildman–Crippen LogP) is 3.67. The topological polar surface area (TPSA) is 35.5 Å². The molecule has 1 aromatic carbocycles. The van der Waals surface area contributed by atoms with Crippen molar-refractivity contribution in [2.24, 2.45) is 5.92 Å². The normalized spacial score (nSPS) is 27.6. The van der Waals surface area contributed by atoms with Crippen LogP contribution in [0.1, 0.15) is 36.0 Å². The molecule has 0 saturated carbocycles. The molecule has 0 amide bonds. The largest absolute Gasteiger partial charge is 0.467 e. The minimum absolute atomic E-state index is 0.0241. The number of hydrogen-bond acceptors (Lipinski definition) is 4. The molecule has 2 saturated heterocycles. The van der Waals surface area contributed by atoms with Crippen LogP contribution in [0.25, 0.3) is 0 Å². The van der Waals surface area contributed by atoms with Gasteiger partial charge in [0.1, 0.15) is 11.6 Å². The van der Waals surface area contributed by atoms with Gasteiger partial charge >= 0.3 is 0 Å². The molecule has 0 radical (unpaired) electrons. The van der Waals surface area contributed by atoms with E-state index < -0.39 is 5.82 Å². The average molecular weight is 310 g/mol. The molecule has 2 unspecified atom stereocenters. The van der Waals surface area contributed by atoms with Gasteiger partial charge < -0.3 is 9.47 Å². The van der Waals surface area contributed by atoms with Gasteiger partial charge in [-0.1, -0.05) is 0 Å². The standard InChI is InChI=1S/C16H19FO3S/c1-19-9-20-11-2-5-14(15(17)8-11)16(18)10-6-12-3-4-13(7-10)21-12/h2,5,8,10,12-13H,3-4,6-7,9H2,1H3. The van der Waals surface area contributed by atoms with Crippen LogP contribution in [0.3, 0.4) is 0 Å². The Morgan fingerprint density at radius 2 is 2.05 bits per heavy atom. The van der Waals surface area contributed by atoms with E-state index in [9.17, 15) is 9.18 Å². The Kier molecular flexibility index (Phi) is 4.50. The van der Waals surface area contributed by atoms with Crippen molar-refractivity contribution in [1.29, 1.82) is 0 Å². The van der Waals surface area contributed by atoms with E-state index in [-0.39, 0.29) is 24.1 Å². The summed E-state index contributed by atoms with van der Waals surface area (Å²) in [6.07, 6.45) is 4.18. The van der Waals surface area contributed by atoms with Crippen LogP contribution in [-0.4, -0.2) is 30.2 Å². The van der Waals surface area contributed by atoms with Gasteiger partial charge in [0, 0.05) is 29.6 Å². The quantitative estimate of drug-likeness (QED) is 0.614. The first-order chi connectivity index (χ1) is 10.2. The average Bonchev–Trinajstić information content (AvgIpc) is 2.83. The first kappa shape index (κ1) is 14.9. The highest BCUT2D eigenvalue weighted by molar-refractivity contribution is 8.00. The maximum atomic E-state index is 14.1. The van der Waals surface area contributed by atoms with Gasteiger partial charge in [0.25, 0.3) is 0 Å². The molecule has 3 rings (SSSR count). The van der Waals surface area contributed by atoms with Crippen molar-refractivity contribution in [3.8, 4) is 5.75 Å². The van der Waals surface area contributed by atoms with E-state index in [1.807, 2.05) is 11.8 Å². The Hall–Kier alpha value is -1.07. The number of ether oxygens (including phenoxy) is 2. The van der Waals surface area contributed by atoms with Crippen LogP contribution >= 0.6 is 11.8 Å². The van der Waals surface area contributed by atoms with Crippen LogP contribution in [0, 0.1) is 11.7 Å². The molecule has 114 valence electrons. The second kappa shape index (κ2) is 6.36. The third kappa shape index (κ3) is 3.24. The predicted molar refractivity (Wildman–Crippen MR) is 80.4 cm³/mol. The first-order valence-electron chi connectivity index (χ1n) is 7.28. The number of carbonyl (C=O) groups excluding carboxylic acids is 1. The molecule has 21 heavy (non-hydrogen) atoms. The van der Waals surface area contributed by atoms with Gasteiger partial charge in [-0.25, -0.2) is 4.39 Å². The van der Waals surface area contributed by atoms with Crippen LogP contribution in [0.15, 0.2) is 18.2 Å². The Balaban J connectivity index is 1.72. The van der Waals surface area contributed by atoms with E-state index in [2.05, 4.69) is 0 Å². The van der Waals surface area contributed by atoms with E-state index in [4.69, 9.17) is 9.47 Å². The van der Waals surface area contributed by atoms with Crippen LogP contribution < -0.4 is 4.74 Å². The highest BCUT2D eigenvalue weighted by Crippen LogP contribution is 2.46. The van der Waals surface area contributed by atoms with E-state index in [0.717, 1.165) is 12.8 Å². The number of thioether (sulfide) groups is 1. The lowest BCUT2D eigenvalue weighted by Crippen LogP contribution is -2.25. The van der Waals surface area contributed by atoms with Crippen LogP contribution in [-0.2, 0) is 4.74 Å². The van der Waals surface area contributed by atoms with Crippen molar-refractivity contribution in [2.45, 2.75) is 36.2 Å². The lowest BCUT2D eigenvalue weighted by molar-refractivity contribution is 0.0509. The molecule has 1 aromatic rings. The van der Waals surface area contributed by atoms with E-state index in [0.29, 0.717) is 16.2 Å². The molecule has 2 aliphatic heterocycles. The molecule has 0 N–H and O–H groups in total. The van der Waals surface area contributed by atoms with Gasteiger partial charge in [0.05, 0.1) is 5.56 Å². The zero-order chi connectivity index (χ0) is 14.8. The Morgan fingerprint density at radius 1 is 1.33 bits per heavy atom. The molecule has 0 aliphatic carbocycles. The van der Waals surface area contributed by atoms with Gasteiger partial charge in [-0.15, -0.1) is 0 Å². The van der Waals surface area contributed by atoms with Gasteiger partial charge in [0.2, 0.25) is 0 Å². The lowest BCUT2D eigenvalue weighted by atomic mass is 9.90. The van der Waals surface area contributed by atoms with Crippen molar-refractivity contribution >= 4 is 17.5 Å². The minimum atomic E-state index is -0.501. The third-order valence-corrected chi connectivity index (χ3v) is 5.84. The summed E-state index contributed by atoms with van der Waals surface area (Å²) in [7, 11) is 1.50. The number of fused-ring (bicyclic) bond motifs is 2. The summed E-state index contributed by atoms with van der Waals surface area (Å²) in [5, 5.41) is 1.18. The Bertz CT molecular complexity index is 522. The number of carbonyl (C=O) groups is 1. The molecular formula is C16H19FO3S. The van der Waals surface area contributed by atoms with E-state index in [1.54, 1.807) is 6.07 Å². The fourth-order valence-electron chi connectivity index (χ4n) is 3.20. The van der Waals surface area contributed by atoms with Gasteiger partial charge in [0.15, 0.2) is 12.6 Å². The number of benzene rings is 1. The number of ketones is 1. The second-order valence-electron chi connectivity index (χ2n) is 5.68. The number of halogens is 1. The van der Waals surface area contributed by atoms with Crippen molar-refractivity contribution in [3.05, 3.63) is 29.6 Å². The van der Waals surface area contributed by atoms with Crippen molar-refractivity contribution in [3.63, 3.8) is 0 Å². The van der Waals surface area contributed by atoms with Gasteiger partial charge in [-0.05, 0) is 37.8 Å². The second-order valence-corrected chi connectivity index (χ2v) is 7.29. The first-order valence-corrected chi connectivity index (χ1v) is 8.22. The number of methoxy groups -OCH3 is 1. The zero-order valence-corrected chi connectivity index (χ0v) is 12.8. The molecule has 2 heterocycles. The zero-order valence-electron chi connectivity index (χ0n) is 12.0. The Morgan fingerprint density at radius 3 is 2.67 bits per heavy atom. The number of hydrogen-bond donors (Lipinski definition) is 0. The summed E-state index contributed by atoms with van der Waals surface area (Å²) in [5.74, 6) is -0.198. The fourth-order valence-corrected chi connectivity index (χ4v) is 4.98. The minimum Gasteiger partial charge on any atom is -0.467 e. The van der Waals surface area contributed by atoms with E-state index >= 15 is 0 Å². The SMILES string of the molecule is COCOc1ccc(C(=O)C2CC3CCC(C2)S3)c(F)c1. The van der Waals surface area contributed by atoms with Crippen molar-refractivity contribution < 1.29 is 18.7 Å².